The van der Waals surface area contributed by atoms with Crippen molar-refractivity contribution in [1.82, 2.24) is 10.8 Å². The number of hydrogen-bond acceptors (Lipinski definition) is 3. The highest BCUT2D eigenvalue weighted by Gasteiger charge is 1.95. The maximum absolute atomic E-state index is 10.2. The Labute approximate surface area is 70.2 Å². The topological polar surface area (TPSA) is 76.4 Å². The van der Waals surface area contributed by atoms with E-state index < -0.39 is 5.91 Å². The molecule has 11 heavy (non-hydrogen) atoms. The molecular formula is C5H11N3O2S. The minimum absolute atomic E-state index is 0.0128. The molecule has 64 valence electrons. The molecule has 0 atom stereocenters. The van der Waals surface area contributed by atoms with E-state index in [1.54, 1.807) is 0 Å². The minimum atomic E-state index is -0.467. The van der Waals surface area contributed by atoms with Crippen molar-refractivity contribution in [1.29, 1.82) is 0 Å². The lowest BCUT2D eigenvalue weighted by molar-refractivity contribution is -0.117. The predicted molar refractivity (Wildman–Crippen MR) is 44.6 cm³/mol. The number of nitrogens with one attached hydrogen (secondary N) is 2. The van der Waals surface area contributed by atoms with Gasteiger partial charge in [0.05, 0.1) is 13.2 Å². The van der Waals surface area contributed by atoms with Crippen LogP contribution in [-0.2, 0) is 9.63 Å². The van der Waals surface area contributed by atoms with Gasteiger partial charge >= 0.3 is 0 Å². The fourth-order valence-electron chi connectivity index (χ4n) is 0.341. The van der Waals surface area contributed by atoms with Crippen molar-refractivity contribution in [2.45, 2.75) is 6.92 Å². The summed E-state index contributed by atoms with van der Waals surface area (Å²) in [4.78, 5) is 14.9. The normalized spacial score (nSPS) is 8.82. The van der Waals surface area contributed by atoms with Gasteiger partial charge in [-0.2, -0.15) is 0 Å². The minimum Gasteiger partial charge on any atom is -0.368 e. The molecule has 0 fully saturated rings. The van der Waals surface area contributed by atoms with E-state index in [1.807, 2.05) is 6.92 Å². The third-order valence-corrected chi connectivity index (χ3v) is 0.960. The number of carbonyl (C=O) groups excluding carboxylic acids is 1. The number of rotatable bonds is 4. The Morgan fingerprint density at radius 2 is 2.36 bits per heavy atom. The Morgan fingerprint density at radius 3 is 2.82 bits per heavy atom. The van der Waals surface area contributed by atoms with E-state index in [0.717, 1.165) is 0 Å². The van der Waals surface area contributed by atoms with Crippen molar-refractivity contribution in [2.75, 3.05) is 13.2 Å². The Balaban J connectivity index is 3.30. The molecule has 6 heteroatoms. The number of amides is 1. The first-order valence-electron chi connectivity index (χ1n) is 3.10. The molecule has 0 aliphatic heterocycles. The van der Waals surface area contributed by atoms with Gasteiger partial charge in [0, 0.05) is 0 Å². The number of primary amides is 1. The van der Waals surface area contributed by atoms with Gasteiger partial charge in [-0.1, -0.05) is 0 Å². The summed E-state index contributed by atoms with van der Waals surface area (Å²) in [6, 6.07) is 0. The molecule has 0 aromatic carbocycles. The molecule has 0 saturated carbocycles. The first kappa shape index (κ1) is 10.1. The summed E-state index contributed by atoms with van der Waals surface area (Å²) in [5, 5.41) is 2.79. The lowest BCUT2D eigenvalue weighted by atomic mass is 10.6. The number of carbonyl (C=O) groups is 1. The SMILES string of the molecule is CCONC(=S)NCC(N)=O. The van der Waals surface area contributed by atoms with Gasteiger partial charge in [-0.25, -0.2) is 5.48 Å². The zero-order valence-corrected chi connectivity index (χ0v) is 7.03. The molecule has 5 nitrogen and oxygen atoms in total. The largest absolute Gasteiger partial charge is 0.368 e. The maximum Gasteiger partial charge on any atom is 0.236 e. The van der Waals surface area contributed by atoms with Crippen LogP contribution < -0.4 is 16.5 Å². The molecule has 0 aliphatic carbocycles. The first-order chi connectivity index (χ1) is 5.16. The maximum atomic E-state index is 10.2. The third kappa shape index (κ3) is 7.01. The highest BCUT2D eigenvalue weighted by atomic mass is 32.1. The number of thiocarbonyl (C=S) groups is 1. The predicted octanol–water partition coefficient (Wildman–Crippen LogP) is -1.11. The molecule has 0 aromatic rings. The van der Waals surface area contributed by atoms with Crippen molar-refractivity contribution in [3.63, 3.8) is 0 Å². The average molecular weight is 177 g/mol. The van der Waals surface area contributed by atoms with Crippen LogP contribution >= 0.6 is 12.2 Å². The monoisotopic (exact) mass is 177 g/mol. The van der Waals surface area contributed by atoms with Crippen molar-refractivity contribution >= 4 is 23.2 Å². The molecule has 0 radical (unpaired) electrons. The molecule has 1 amide bonds. The average Bonchev–Trinajstić information content (AvgIpc) is 1.97. The molecule has 0 aromatic heterocycles. The van der Waals surface area contributed by atoms with E-state index in [2.05, 4.69) is 23.0 Å². The Hall–Kier alpha value is -0.880. The van der Waals surface area contributed by atoms with Gasteiger partial charge in [-0.15, -0.1) is 0 Å². The molecule has 0 unspecified atom stereocenters. The van der Waals surface area contributed by atoms with Crippen LogP contribution in [0.25, 0.3) is 0 Å². The first-order valence-corrected chi connectivity index (χ1v) is 3.51. The molecule has 0 saturated heterocycles. The van der Waals surface area contributed by atoms with Crippen molar-refractivity contribution in [3.8, 4) is 0 Å². The van der Waals surface area contributed by atoms with E-state index in [9.17, 15) is 4.79 Å². The summed E-state index contributed by atoms with van der Waals surface area (Å²) in [6.07, 6.45) is 0. The molecule has 0 aliphatic rings. The Bertz CT molecular complexity index is 151. The highest BCUT2D eigenvalue weighted by molar-refractivity contribution is 7.80. The second-order valence-electron chi connectivity index (χ2n) is 1.68. The van der Waals surface area contributed by atoms with Crippen LogP contribution in [0.15, 0.2) is 0 Å². The van der Waals surface area contributed by atoms with Crippen molar-refractivity contribution in [2.24, 2.45) is 5.73 Å². The summed E-state index contributed by atoms with van der Waals surface area (Å²) in [6.45, 7) is 2.32. The number of hydroxylamine groups is 1. The lowest BCUT2D eigenvalue weighted by Crippen LogP contribution is -2.40. The number of hydrogen-bond donors (Lipinski definition) is 3. The molecule has 0 spiro atoms. The second-order valence-corrected chi connectivity index (χ2v) is 2.09. The smallest absolute Gasteiger partial charge is 0.236 e. The van der Waals surface area contributed by atoms with Gasteiger partial charge in [0.25, 0.3) is 0 Å². The quantitative estimate of drug-likeness (QED) is 0.375. The van der Waals surface area contributed by atoms with Gasteiger partial charge in [-0.3, -0.25) is 9.63 Å². The van der Waals surface area contributed by atoms with Crippen molar-refractivity contribution < 1.29 is 9.63 Å². The van der Waals surface area contributed by atoms with Crippen LogP contribution in [0.2, 0.25) is 0 Å². The zero-order chi connectivity index (χ0) is 8.69. The van der Waals surface area contributed by atoms with E-state index in [4.69, 9.17) is 10.6 Å². The summed E-state index contributed by atoms with van der Waals surface area (Å²) >= 11 is 4.68. The van der Waals surface area contributed by atoms with Gasteiger partial charge in [0.1, 0.15) is 0 Å². The lowest BCUT2D eigenvalue weighted by Gasteiger charge is -2.06. The molecule has 0 heterocycles. The van der Waals surface area contributed by atoms with Crippen LogP contribution in [0.1, 0.15) is 6.92 Å². The molecule has 0 bridgehead atoms. The van der Waals surface area contributed by atoms with Crippen LogP contribution in [0.5, 0.6) is 0 Å². The van der Waals surface area contributed by atoms with Crippen LogP contribution in [0.3, 0.4) is 0 Å². The van der Waals surface area contributed by atoms with E-state index in [0.29, 0.717) is 6.61 Å². The fourth-order valence-corrected chi connectivity index (χ4v) is 0.472. The molecular weight excluding hydrogens is 166 g/mol. The zero-order valence-electron chi connectivity index (χ0n) is 6.22. The fraction of sp³-hybridized carbons (Fsp3) is 0.600. The van der Waals surface area contributed by atoms with E-state index in [-0.39, 0.29) is 11.7 Å². The number of nitrogens with two attached hydrogens (primary N) is 1. The highest BCUT2D eigenvalue weighted by Crippen LogP contribution is 1.68. The summed E-state index contributed by atoms with van der Waals surface area (Å²) in [5.74, 6) is -0.467. The molecule has 0 rings (SSSR count). The third-order valence-electron chi connectivity index (χ3n) is 0.732. The Morgan fingerprint density at radius 1 is 1.73 bits per heavy atom. The van der Waals surface area contributed by atoms with E-state index in [1.165, 1.54) is 0 Å². The van der Waals surface area contributed by atoms with Crippen LogP contribution in [-0.4, -0.2) is 24.2 Å². The Kier molecular flexibility index (Phi) is 5.40. The van der Waals surface area contributed by atoms with Gasteiger partial charge in [0.15, 0.2) is 5.11 Å². The summed E-state index contributed by atoms with van der Waals surface area (Å²) in [7, 11) is 0. The summed E-state index contributed by atoms with van der Waals surface area (Å²) < 4.78 is 0. The van der Waals surface area contributed by atoms with Crippen LogP contribution in [0.4, 0.5) is 0 Å². The standard InChI is InChI=1S/C5H11N3O2S/c1-2-10-8-5(11)7-3-4(6)9/h2-3H2,1H3,(H2,6,9)(H2,7,8,11). The summed E-state index contributed by atoms with van der Waals surface area (Å²) in [5.41, 5.74) is 7.24. The van der Waals surface area contributed by atoms with Gasteiger partial charge < -0.3 is 11.1 Å². The molecule has 4 N–H and O–H groups in total. The second kappa shape index (κ2) is 5.87. The van der Waals surface area contributed by atoms with Gasteiger partial charge in [-0.05, 0) is 19.1 Å². The van der Waals surface area contributed by atoms with Gasteiger partial charge in [0.2, 0.25) is 5.91 Å². The van der Waals surface area contributed by atoms with Crippen LogP contribution in [0, 0.1) is 0 Å². The van der Waals surface area contributed by atoms with Crippen molar-refractivity contribution in [3.05, 3.63) is 0 Å². The van der Waals surface area contributed by atoms with E-state index >= 15 is 0 Å².